The van der Waals surface area contributed by atoms with Crippen molar-refractivity contribution < 1.29 is 4.58 Å². The van der Waals surface area contributed by atoms with Gasteiger partial charge in [-0.15, -0.1) is 0 Å². The van der Waals surface area contributed by atoms with Crippen LogP contribution in [0.3, 0.4) is 0 Å². The molecule has 0 aromatic heterocycles. The van der Waals surface area contributed by atoms with E-state index in [1.165, 1.54) is 17.7 Å². The van der Waals surface area contributed by atoms with E-state index < -0.39 is 8.07 Å². The fourth-order valence-electron chi connectivity index (χ4n) is 4.04. The van der Waals surface area contributed by atoms with E-state index in [2.05, 4.69) is 80.8 Å². The lowest BCUT2D eigenvalue weighted by Gasteiger charge is -2.26. The van der Waals surface area contributed by atoms with Crippen molar-refractivity contribution in [3.63, 3.8) is 0 Å². The predicted octanol–water partition coefficient (Wildman–Crippen LogP) is 4.13. The van der Waals surface area contributed by atoms with E-state index in [0.29, 0.717) is 11.8 Å². The Labute approximate surface area is 129 Å². The zero-order valence-electron chi connectivity index (χ0n) is 13.9. The summed E-state index contributed by atoms with van der Waals surface area (Å²) in [6.45, 7) is 7.49. The summed E-state index contributed by atoms with van der Waals surface area (Å²) in [5.74, 6) is 1.34. The topological polar surface area (TPSA) is 3.01 Å². The van der Waals surface area contributed by atoms with Crippen LogP contribution in [-0.2, 0) is 0 Å². The smallest absolute Gasteiger partial charge is 0.210 e. The Bertz CT molecular complexity index is 640. The number of hydrogen-bond acceptors (Lipinski definition) is 0. The summed E-state index contributed by atoms with van der Waals surface area (Å²) in [4.78, 5) is 0. The Morgan fingerprint density at radius 3 is 2.19 bits per heavy atom. The zero-order valence-corrected chi connectivity index (χ0v) is 14.9. The molecule has 3 rings (SSSR count). The normalized spacial score (nSPS) is 23.9. The van der Waals surface area contributed by atoms with Crippen LogP contribution in [0.1, 0.15) is 12.0 Å². The minimum Gasteiger partial charge on any atom is -0.235 e. The van der Waals surface area contributed by atoms with Crippen molar-refractivity contribution in [2.75, 3.05) is 14.1 Å². The minimum atomic E-state index is -1.30. The molecular weight excluding hydrogens is 270 g/mol. The van der Waals surface area contributed by atoms with Gasteiger partial charge in [-0.3, -0.25) is 0 Å². The van der Waals surface area contributed by atoms with Crippen molar-refractivity contribution in [3.05, 3.63) is 58.8 Å². The first-order chi connectivity index (χ1) is 9.89. The number of fused-ring (bicyclic) bond motifs is 2. The molecule has 0 aliphatic heterocycles. The van der Waals surface area contributed by atoms with Gasteiger partial charge in [0.2, 0.25) is 5.71 Å². The Kier molecular flexibility index (Phi) is 3.52. The van der Waals surface area contributed by atoms with E-state index in [0.717, 1.165) is 0 Å². The molecule has 2 bridgehead atoms. The van der Waals surface area contributed by atoms with Crippen LogP contribution in [0.2, 0.25) is 19.6 Å². The van der Waals surface area contributed by atoms with Gasteiger partial charge < -0.3 is 0 Å². The summed E-state index contributed by atoms with van der Waals surface area (Å²) in [6, 6.07) is 10.9. The van der Waals surface area contributed by atoms with Crippen LogP contribution in [0.4, 0.5) is 0 Å². The molecule has 110 valence electrons. The summed E-state index contributed by atoms with van der Waals surface area (Å²) < 4.78 is 2.32. The second kappa shape index (κ2) is 5.10. The van der Waals surface area contributed by atoms with E-state index >= 15 is 0 Å². The molecule has 0 saturated carbocycles. The molecule has 0 spiro atoms. The van der Waals surface area contributed by atoms with Gasteiger partial charge in [0.25, 0.3) is 0 Å². The van der Waals surface area contributed by atoms with E-state index in [1.54, 1.807) is 10.8 Å². The molecule has 0 saturated heterocycles. The standard InChI is InChI=1S/C19H26NSi/c1-20(2)18(14-9-7-6-8-10-14)17-15-11-12-16(13-15)19(17)21(3,4)5/h6-12,15-16H,13H2,1-5H3/q+1. The monoisotopic (exact) mass is 296 g/mol. The maximum atomic E-state index is 2.50. The largest absolute Gasteiger partial charge is 0.235 e. The molecule has 1 aromatic carbocycles. The van der Waals surface area contributed by atoms with Crippen LogP contribution in [-0.4, -0.2) is 32.5 Å². The molecule has 0 N–H and O–H groups in total. The van der Waals surface area contributed by atoms with Crippen molar-refractivity contribution in [1.82, 2.24) is 0 Å². The number of allylic oxidation sites excluding steroid dienone is 4. The molecule has 0 fully saturated rings. The second-order valence-electron chi connectivity index (χ2n) is 7.52. The van der Waals surface area contributed by atoms with Gasteiger partial charge in [0.15, 0.2) is 0 Å². The average molecular weight is 297 g/mol. The number of rotatable bonds is 3. The second-order valence-corrected chi connectivity index (χ2v) is 12.6. The number of hydrogen-bond donors (Lipinski definition) is 0. The highest BCUT2D eigenvalue weighted by molar-refractivity contribution is 6.83. The van der Waals surface area contributed by atoms with E-state index in [4.69, 9.17) is 0 Å². The molecule has 1 aromatic rings. The quantitative estimate of drug-likeness (QED) is 0.341. The first-order valence-electron chi connectivity index (χ1n) is 7.92. The predicted molar refractivity (Wildman–Crippen MR) is 93.8 cm³/mol. The maximum absolute atomic E-state index is 2.50. The third kappa shape index (κ3) is 2.46. The van der Waals surface area contributed by atoms with Crippen molar-refractivity contribution in [3.8, 4) is 0 Å². The van der Waals surface area contributed by atoms with Crippen LogP contribution in [0.5, 0.6) is 0 Å². The molecule has 0 heterocycles. The molecular formula is C19H26NSi+. The summed E-state index contributed by atoms with van der Waals surface area (Å²) >= 11 is 0. The molecule has 2 aliphatic carbocycles. The molecule has 2 heteroatoms. The van der Waals surface area contributed by atoms with Crippen molar-refractivity contribution in [2.45, 2.75) is 26.1 Å². The van der Waals surface area contributed by atoms with Crippen LogP contribution < -0.4 is 0 Å². The van der Waals surface area contributed by atoms with Crippen LogP contribution in [0.25, 0.3) is 0 Å². The summed E-state index contributed by atoms with van der Waals surface area (Å²) in [5.41, 5.74) is 4.43. The Hall–Kier alpha value is -1.41. The van der Waals surface area contributed by atoms with E-state index in [-0.39, 0.29) is 0 Å². The van der Waals surface area contributed by atoms with Crippen molar-refractivity contribution >= 4 is 13.8 Å². The highest BCUT2D eigenvalue weighted by Gasteiger charge is 2.44. The fourth-order valence-corrected chi connectivity index (χ4v) is 6.48. The van der Waals surface area contributed by atoms with Gasteiger partial charge in [-0.05, 0) is 24.5 Å². The van der Waals surface area contributed by atoms with Crippen LogP contribution in [0.15, 0.2) is 53.3 Å². The Morgan fingerprint density at radius 1 is 1.00 bits per heavy atom. The third-order valence-corrected chi connectivity index (χ3v) is 6.93. The van der Waals surface area contributed by atoms with Gasteiger partial charge in [0, 0.05) is 17.1 Å². The van der Waals surface area contributed by atoms with E-state index in [1.807, 2.05) is 0 Å². The van der Waals surface area contributed by atoms with Crippen molar-refractivity contribution in [2.24, 2.45) is 11.8 Å². The van der Waals surface area contributed by atoms with Crippen molar-refractivity contribution in [1.29, 1.82) is 0 Å². The first kappa shape index (κ1) is 14.5. The molecule has 21 heavy (non-hydrogen) atoms. The first-order valence-corrected chi connectivity index (χ1v) is 11.4. The van der Waals surface area contributed by atoms with E-state index in [9.17, 15) is 0 Å². The SMILES string of the molecule is C[N+](C)=C(C1=C([Si](C)(C)C)C2C=CC1C2)c1ccccc1. The Morgan fingerprint density at radius 2 is 1.62 bits per heavy atom. The lowest BCUT2D eigenvalue weighted by molar-refractivity contribution is -0.463. The summed E-state index contributed by atoms with van der Waals surface area (Å²) in [6.07, 6.45) is 6.20. The van der Waals surface area contributed by atoms with Crippen LogP contribution >= 0.6 is 0 Å². The van der Waals surface area contributed by atoms with Crippen LogP contribution in [0, 0.1) is 11.8 Å². The average Bonchev–Trinajstić information content (AvgIpc) is 2.99. The summed E-state index contributed by atoms with van der Waals surface area (Å²) in [7, 11) is 3.07. The highest BCUT2D eigenvalue weighted by atomic mass is 28.3. The van der Waals surface area contributed by atoms with Gasteiger partial charge in [0.05, 0.1) is 8.07 Å². The van der Waals surface area contributed by atoms with Gasteiger partial charge >= 0.3 is 0 Å². The molecule has 2 unspecified atom stereocenters. The highest BCUT2D eigenvalue weighted by Crippen LogP contribution is 2.48. The zero-order chi connectivity index (χ0) is 15.2. The fraction of sp³-hybridized carbons (Fsp3) is 0.421. The lowest BCUT2D eigenvalue weighted by atomic mass is 9.93. The van der Waals surface area contributed by atoms with Gasteiger partial charge in [-0.25, -0.2) is 4.58 Å². The number of nitrogens with zero attached hydrogens (tertiary/aromatic N) is 1. The maximum Gasteiger partial charge on any atom is 0.210 e. The summed E-state index contributed by atoms with van der Waals surface area (Å²) in [5, 5.41) is 1.78. The molecule has 2 aliphatic rings. The van der Waals surface area contributed by atoms with Gasteiger partial charge in [0.1, 0.15) is 14.1 Å². The molecule has 0 radical (unpaired) electrons. The molecule has 2 atom stereocenters. The molecule has 1 nitrogen and oxygen atoms in total. The lowest BCUT2D eigenvalue weighted by Crippen LogP contribution is -2.31. The van der Waals surface area contributed by atoms with Gasteiger partial charge in [-0.2, -0.15) is 0 Å². The minimum absolute atomic E-state index is 0.634. The number of benzene rings is 1. The Balaban J connectivity index is 2.20. The molecule has 0 amide bonds. The third-order valence-electron chi connectivity index (χ3n) is 4.67. The van der Waals surface area contributed by atoms with Gasteiger partial charge in [-0.1, -0.05) is 55.2 Å².